The monoisotopic (exact) mass is 490 g/mol. The number of aromatic hydroxyl groups is 2. The number of aliphatic hydroxyl groups excluding tert-OH is 2. The van der Waals surface area contributed by atoms with Gasteiger partial charge in [0, 0.05) is 24.8 Å². The van der Waals surface area contributed by atoms with Gasteiger partial charge in [-0.15, -0.1) is 0 Å². The van der Waals surface area contributed by atoms with Crippen LogP contribution in [0.5, 0.6) is 23.0 Å². The fraction of sp³-hybridized carbons (Fsp3) is 0.304. The summed E-state index contributed by atoms with van der Waals surface area (Å²) in [6, 6.07) is 8.19. The Bertz CT molecular complexity index is 1300. The van der Waals surface area contributed by atoms with Crippen LogP contribution in [0.4, 0.5) is 0 Å². The summed E-state index contributed by atoms with van der Waals surface area (Å²) in [7, 11) is 2.34. The molecule has 1 aromatic heterocycles. The number of carboxylic acid groups (broad SMARTS) is 1. The Morgan fingerprint density at radius 2 is 1.71 bits per heavy atom. The van der Waals surface area contributed by atoms with Crippen LogP contribution in [-0.2, 0) is 14.3 Å². The fourth-order valence-corrected chi connectivity index (χ4v) is 3.84. The Balaban J connectivity index is 1.78. The third-order valence-electron chi connectivity index (χ3n) is 5.57. The number of phenolic OH excluding ortho intramolecular Hbond substituents is 2. The van der Waals surface area contributed by atoms with Crippen LogP contribution in [0.2, 0.25) is 0 Å². The lowest BCUT2D eigenvalue weighted by Crippen LogP contribution is -2.61. The molecule has 0 aliphatic carbocycles. The van der Waals surface area contributed by atoms with Gasteiger partial charge in [0.2, 0.25) is 12.0 Å². The molecule has 1 aliphatic heterocycles. The molecular weight excluding hydrogens is 468 g/mol. The maximum absolute atomic E-state index is 12.8. The minimum Gasteiger partial charge on any atom is -0.508 e. The third kappa shape index (κ3) is 4.35. The summed E-state index contributed by atoms with van der Waals surface area (Å²) in [5, 5.41) is 50.2. The van der Waals surface area contributed by atoms with E-state index in [1.165, 1.54) is 37.4 Å². The largest absolute Gasteiger partial charge is 0.508 e. The van der Waals surface area contributed by atoms with E-state index in [9.17, 15) is 35.1 Å². The number of ether oxygens (including phenoxy) is 4. The Morgan fingerprint density at radius 3 is 2.31 bits per heavy atom. The van der Waals surface area contributed by atoms with E-state index in [-0.39, 0.29) is 34.0 Å². The zero-order valence-electron chi connectivity index (χ0n) is 18.4. The average Bonchev–Trinajstić information content (AvgIpc) is 2.82. The van der Waals surface area contributed by atoms with Crippen LogP contribution in [0.15, 0.2) is 45.6 Å². The van der Waals surface area contributed by atoms with Gasteiger partial charge in [-0.25, -0.2) is 4.79 Å². The predicted octanol–water partition coefficient (Wildman–Crippen LogP) is 0.805. The zero-order valence-corrected chi connectivity index (χ0v) is 18.4. The van der Waals surface area contributed by atoms with E-state index >= 15 is 0 Å². The van der Waals surface area contributed by atoms with E-state index < -0.39 is 47.9 Å². The van der Waals surface area contributed by atoms with Crippen LogP contribution in [0.1, 0.15) is 0 Å². The first kappa shape index (κ1) is 24.3. The highest BCUT2D eigenvalue weighted by molar-refractivity contribution is 5.89. The lowest BCUT2D eigenvalue weighted by atomic mass is 9.98. The molecular formula is C23H22O12. The molecule has 35 heavy (non-hydrogen) atoms. The number of rotatable bonds is 6. The van der Waals surface area contributed by atoms with E-state index in [0.717, 1.165) is 13.2 Å². The summed E-state index contributed by atoms with van der Waals surface area (Å²) in [5.41, 5.74) is -0.261. The molecule has 4 rings (SSSR count). The minimum atomic E-state index is -1.74. The number of carbonyl (C=O) groups is 1. The van der Waals surface area contributed by atoms with Crippen molar-refractivity contribution < 1.29 is 53.7 Å². The van der Waals surface area contributed by atoms with Crippen molar-refractivity contribution in [2.45, 2.75) is 30.7 Å². The second-order valence-electron chi connectivity index (χ2n) is 7.71. The second-order valence-corrected chi connectivity index (χ2v) is 7.71. The Hall–Kier alpha value is -3.84. The van der Waals surface area contributed by atoms with Gasteiger partial charge in [0.15, 0.2) is 23.0 Å². The van der Waals surface area contributed by atoms with Crippen molar-refractivity contribution in [1.82, 2.24) is 0 Å². The Kier molecular flexibility index (Phi) is 6.54. The minimum absolute atomic E-state index is 0.0126. The first-order valence-electron chi connectivity index (χ1n) is 10.3. The van der Waals surface area contributed by atoms with Crippen molar-refractivity contribution >= 4 is 16.9 Å². The highest BCUT2D eigenvalue weighted by Crippen LogP contribution is 2.43. The van der Waals surface area contributed by atoms with Gasteiger partial charge in [-0.3, -0.25) is 4.79 Å². The van der Waals surface area contributed by atoms with Gasteiger partial charge < -0.3 is 48.9 Å². The number of hydrogen-bond acceptors (Lipinski definition) is 11. The normalized spacial score (nSPS) is 24.3. The van der Waals surface area contributed by atoms with Crippen LogP contribution in [0.3, 0.4) is 0 Å². The highest BCUT2D eigenvalue weighted by atomic mass is 16.7. The van der Waals surface area contributed by atoms with Gasteiger partial charge in [-0.2, -0.15) is 0 Å². The number of aliphatic carboxylic acids is 1. The molecule has 186 valence electrons. The molecule has 0 amide bonds. The molecule has 5 unspecified atom stereocenters. The van der Waals surface area contributed by atoms with Gasteiger partial charge in [0.25, 0.3) is 0 Å². The lowest BCUT2D eigenvalue weighted by Gasteiger charge is -2.40. The number of benzene rings is 2. The Morgan fingerprint density at radius 1 is 1.03 bits per heavy atom. The van der Waals surface area contributed by atoms with Crippen molar-refractivity contribution in [3.63, 3.8) is 0 Å². The average molecular weight is 490 g/mol. The molecule has 0 spiro atoms. The van der Waals surface area contributed by atoms with Crippen molar-refractivity contribution in [1.29, 1.82) is 0 Å². The van der Waals surface area contributed by atoms with E-state index in [1.807, 2.05) is 0 Å². The number of fused-ring (bicyclic) bond motifs is 1. The summed E-state index contributed by atoms with van der Waals surface area (Å²) < 4.78 is 26.8. The van der Waals surface area contributed by atoms with Gasteiger partial charge >= 0.3 is 5.97 Å². The summed E-state index contributed by atoms with van der Waals surface area (Å²) >= 11 is 0. The molecule has 0 bridgehead atoms. The smallest absolute Gasteiger partial charge is 0.335 e. The quantitative estimate of drug-likeness (QED) is 0.328. The molecule has 5 atom stereocenters. The summed E-state index contributed by atoms with van der Waals surface area (Å²) in [4.78, 5) is 24.3. The predicted molar refractivity (Wildman–Crippen MR) is 118 cm³/mol. The van der Waals surface area contributed by atoms with Gasteiger partial charge in [-0.1, -0.05) is 0 Å². The zero-order chi connectivity index (χ0) is 25.4. The Labute approximate surface area is 197 Å². The van der Waals surface area contributed by atoms with Crippen LogP contribution in [0, 0.1) is 0 Å². The van der Waals surface area contributed by atoms with E-state index in [4.69, 9.17) is 23.4 Å². The number of methoxy groups -OCH3 is 2. The molecule has 3 aromatic rings. The van der Waals surface area contributed by atoms with E-state index in [0.29, 0.717) is 5.56 Å². The van der Waals surface area contributed by atoms with Crippen LogP contribution in [-0.4, -0.2) is 76.4 Å². The molecule has 5 N–H and O–H groups in total. The second kappa shape index (κ2) is 9.43. The topological polar surface area (TPSA) is 185 Å². The molecule has 12 nitrogen and oxygen atoms in total. The SMILES string of the molecule is COc1c(OC2OC(C(=O)O)C(OC)C(O)C2O)cc2oc(-c3ccc(O)cc3)cc(=O)c2c1O. The van der Waals surface area contributed by atoms with Crippen molar-refractivity contribution in [2.24, 2.45) is 0 Å². The highest BCUT2D eigenvalue weighted by Gasteiger charge is 2.49. The van der Waals surface area contributed by atoms with Gasteiger partial charge in [-0.05, 0) is 24.3 Å². The third-order valence-corrected chi connectivity index (χ3v) is 5.57. The van der Waals surface area contributed by atoms with Crippen molar-refractivity contribution in [2.75, 3.05) is 14.2 Å². The first-order valence-corrected chi connectivity index (χ1v) is 10.3. The summed E-state index contributed by atoms with van der Waals surface area (Å²) in [6.45, 7) is 0. The molecule has 1 aliphatic rings. The summed E-state index contributed by atoms with van der Waals surface area (Å²) in [5.74, 6) is -2.53. The first-order chi connectivity index (χ1) is 16.7. The molecule has 1 saturated heterocycles. The molecule has 0 radical (unpaired) electrons. The van der Waals surface area contributed by atoms with E-state index in [1.54, 1.807) is 0 Å². The van der Waals surface area contributed by atoms with Crippen molar-refractivity contribution in [3.8, 4) is 34.3 Å². The molecule has 2 aromatic carbocycles. The van der Waals surface area contributed by atoms with Gasteiger partial charge in [0.1, 0.15) is 40.8 Å². The maximum Gasteiger partial charge on any atom is 0.335 e. The van der Waals surface area contributed by atoms with Crippen LogP contribution >= 0.6 is 0 Å². The number of phenols is 2. The molecule has 0 saturated carbocycles. The van der Waals surface area contributed by atoms with Crippen LogP contribution < -0.4 is 14.9 Å². The molecule has 2 heterocycles. The summed E-state index contributed by atoms with van der Waals surface area (Å²) in [6.07, 6.45) is -8.19. The maximum atomic E-state index is 12.8. The molecule has 12 heteroatoms. The van der Waals surface area contributed by atoms with Crippen molar-refractivity contribution in [3.05, 3.63) is 46.6 Å². The lowest BCUT2D eigenvalue weighted by molar-refractivity contribution is -0.275. The van der Waals surface area contributed by atoms with Gasteiger partial charge in [0.05, 0.1) is 7.11 Å². The van der Waals surface area contributed by atoms with Crippen LogP contribution in [0.25, 0.3) is 22.3 Å². The molecule has 1 fully saturated rings. The number of carboxylic acids is 1. The number of aliphatic hydroxyl groups is 2. The fourth-order valence-electron chi connectivity index (χ4n) is 3.84. The van der Waals surface area contributed by atoms with E-state index in [2.05, 4.69) is 0 Å². The number of hydrogen-bond donors (Lipinski definition) is 5. The standard InChI is InChI=1S/C23H22O12/c1-31-19-14(34-23-18(28)17(27)20(32-2)21(35-23)22(29)30)8-13-15(16(19)26)11(25)7-12(33-13)9-3-5-10(24)6-4-9/h3-8,17-18,20-21,23-24,26-28H,1-2H3,(H,29,30).